The highest BCUT2D eigenvalue weighted by Crippen LogP contribution is 2.32. The van der Waals surface area contributed by atoms with E-state index >= 15 is 0 Å². The van der Waals surface area contributed by atoms with Crippen molar-refractivity contribution < 1.29 is 13.9 Å². The standard InChI is InChI=1S/C16H11FO2/c1-10-2-7-14-13(8-10)16(18)15(19-14)9-11-3-5-12(17)6-4-11/h2-9H,1H3/b15-9-. The molecule has 3 rings (SSSR count). The summed E-state index contributed by atoms with van der Waals surface area (Å²) in [6, 6.07) is 11.4. The van der Waals surface area contributed by atoms with Crippen LogP contribution in [0.15, 0.2) is 48.2 Å². The molecule has 0 fully saturated rings. The van der Waals surface area contributed by atoms with E-state index in [9.17, 15) is 9.18 Å². The molecule has 94 valence electrons. The van der Waals surface area contributed by atoms with Crippen molar-refractivity contribution in [3.05, 3.63) is 70.7 Å². The summed E-state index contributed by atoms with van der Waals surface area (Å²) >= 11 is 0. The van der Waals surface area contributed by atoms with Crippen LogP contribution < -0.4 is 4.74 Å². The van der Waals surface area contributed by atoms with E-state index in [2.05, 4.69) is 0 Å². The second kappa shape index (κ2) is 4.35. The number of hydrogen-bond acceptors (Lipinski definition) is 2. The predicted octanol–water partition coefficient (Wildman–Crippen LogP) is 3.75. The highest BCUT2D eigenvalue weighted by atomic mass is 19.1. The maximum atomic E-state index is 12.8. The fourth-order valence-electron chi connectivity index (χ4n) is 2.01. The molecule has 0 N–H and O–H groups in total. The first-order chi connectivity index (χ1) is 9.13. The van der Waals surface area contributed by atoms with Crippen LogP contribution >= 0.6 is 0 Å². The average molecular weight is 254 g/mol. The molecule has 2 aromatic carbocycles. The Morgan fingerprint density at radius 2 is 1.84 bits per heavy atom. The first kappa shape index (κ1) is 11.7. The summed E-state index contributed by atoms with van der Waals surface area (Å²) in [6.07, 6.45) is 1.62. The molecule has 2 nitrogen and oxygen atoms in total. The number of ether oxygens (including phenoxy) is 1. The number of allylic oxidation sites excluding steroid dienone is 1. The van der Waals surface area contributed by atoms with Gasteiger partial charge in [0.25, 0.3) is 0 Å². The fourth-order valence-corrected chi connectivity index (χ4v) is 2.01. The molecular formula is C16H11FO2. The molecule has 0 bridgehead atoms. The third-order valence-electron chi connectivity index (χ3n) is 2.99. The Balaban J connectivity index is 1.97. The van der Waals surface area contributed by atoms with Crippen LogP contribution in [0.3, 0.4) is 0 Å². The fraction of sp³-hybridized carbons (Fsp3) is 0.0625. The van der Waals surface area contributed by atoms with E-state index < -0.39 is 0 Å². The topological polar surface area (TPSA) is 26.3 Å². The molecular weight excluding hydrogens is 243 g/mol. The second-order valence-corrected chi connectivity index (χ2v) is 4.49. The molecule has 1 aliphatic rings. The van der Waals surface area contributed by atoms with E-state index in [1.54, 1.807) is 24.3 Å². The monoisotopic (exact) mass is 254 g/mol. The van der Waals surface area contributed by atoms with Gasteiger partial charge in [0.15, 0.2) is 5.76 Å². The van der Waals surface area contributed by atoms with Gasteiger partial charge in [-0.1, -0.05) is 23.8 Å². The molecule has 0 saturated heterocycles. The highest BCUT2D eigenvalue weighted by molar-refractivity contribution is 6.14. The lowest BCUT2D eigenvalue weighted by Crippen LogP contribution is -1.98. The summed E-state index contributed by atoms with van der Waals surface area (Å²) in [5, 5.41) is 0. The third-order valence-corrected chi connectivity index (χ3v) is 2.99. The summed E-state index contributed by atoms with van der Waals surface area (Å²) in [4.78, 5) is 12.2. The number of ketones is 1. The molecule has 0 aliphatic carbocycles. The van der Waals surface area contributed by atoms with Crippen molar-refractivity contribution in [3.8, 4) is 5.75 Å². The zero-order chi connectivity index (χ0) is 13.4. The van der Waals surface area contributed by atoms with Crippen LogP contribution in [0.2, 0.25) is 0 Å². The van der Waals surface area contributed by atoms with E-state index in [0.29, 0.717) is 11.3 Å². The molecule has 0 amide bonds. The SMILES string of the molecule is Cc1ccc2c(c1)C(=O)/C(=C/c1ccc(F)cc1)O2. The number of halogens is 1. The normalized spacial score (nSPS) is 15.5. The van der Waals surface area contributed by atoms with Crippen molar-refractivity contribution in [1.29, 1.82) is 0 Å². The molecule has 2 aromatic rings. The van der Waals surface area contributed by atoms with Gasteiger partial charge in [-0.05, 0) is 42.8 Å². The second-order valence-electron chi connectivity index (χ2n) is 4.49. The number of benzene rings is 2. The average Bonchev–Trinajstić information content (AvgIpc) is 2.70. The maximum absolute atomic E-state index is 12.8. The third kappa shape index (κ3) is 2.15. The van der Waals surface area contributed by atoms with E-state index in [4.69, 9.17) is 4.74 Å². The van der Waals surface area contributed by atoms with Crippen molar-refractivity contribution in [2.45, 2.75) is 6.92 Å². The van der Waals surface area contributed by atoms with Crippen LogP contribution in [0.4, 0.5) is 4.39 Å². The van der Waals surface area contributed by atoms with E-state index in [0.717, 1.165) is 11.1 Å². The number of aryl methyl sites for hydroxylation is 1. The predicted molar refractivity (Wildman–Crippen MR) is 70.5 cm³/mol. The van der Waals surface area contributed by atoms with Gasteiger partial charge in [0.1, 0.15) is 11.6 Å². The van der Waals surface area contributed by atoms with Crippen LogP contribution in [-0.4, -0.2) is 5.78 Å². The minimum absolute atomic E-state index is 0.136. The smallest absolute Gasteiger partial charge is 0.231 e. The van der Waals surface area contributed by atoms with Crippen molar-refractivity contribution in [3.63, 3.8) is 0 Å². The van der Waals surface area contributed by atoms with Crippen LogP contribution in [0.25, 0.3) is 6.08 Å². The van der Waals surface area contributed by atoms with E-state index in [1.165, 1.54) is 12.1 Å². The Kier molecular flexibility index (Phi) is 2.67. The van der Waals surface area contributed by atoms with Gasteiger partial charge in [0.05, 0.1) is 5.56 Å². The molecule has 19 heavy (non-hydrogen) atoms. The van der Waals surface area contributed by atoms with Gasteiger partial charge in [-0.2, -0.15) is 0 Å². The summed E-state index contributed by atoms with van der Waals surface area (Å²) in [7, 11) is 0. The number of hydrogen-bond donors (Lipinski definition) is 0. The Morgan fingerprint density at radius 3 is 2.58 bits per heavy atom. The van der Waals surface area contributed by atoms with Crippen molar-refractivity contribution in [2.75, 3.05) is 0 Å². The Bertz CT molecular complexity index is 684. The zero-order valence-electron chi connectivity index (χ0n) is 10.3. The molecule has 0 unspecified atom stereocenters. The van der Waals surface area contributed by atoms with Gasteiger partial charge in [-0.25, -0.2) is 4.39 Å². The maximum Gasteiger partial charge on any atom is 0.231 e. The molecule has 0 saturated carbocycles. The van der Waals surface area contributed by atoms with Crippen LogP contribution in [-0.2, 0) is 0 Å². The molecule has 3 heteroatoms. The molecule has 1 aliphatic heterocycles. The minimum Gasteiger partial charge on any atom is -0.452 e. The van der Waals surface area contributed by atoms with Gasteiger partial charge in [0, 0.05) is 0 Å². The van der Waals surface area contributed by atoms with Crippen LogP contribution in [0.1, 0.15) is 21.5 Å². The molecule has 0 aromatic heterocycles. The van der Waals surface area contributed by atoms with Crippen LogP contribution in [0.5, 0.6) is 5.75 Å². The van der Waals surface area contributed by atoms with Crippen LogP contribution in [0, 0.1) is 12.7 Å². The highest BCUT2D eigenvalue weighted by Gasteiger charge is 2.26. The van der Waals surface area contributed by atoms with E-state index in [-0.39, 0.29) is 17.4 Å². The van der Waals surface area contributed by atoms with Gasteiger partial charge in [0.2, 0.25) is 5.78 Å². The number of fused-ring (bicyclic) bond motifs is 1. The molecule has 0 radical (unpaired) electrons. The van der Waals surface area contributed by atoms with Gasteiger partial charge >= 0.3 is 0 Å². The summed E-state index contributed by atoms with van der Waals surface area (Å²) in [6.45, 7) is 1.93. The lowest BCUT2D eigenvalue weighted by molar-refractivity contribution is 0.101. The Hall–Kier alpha value is -2.42. The zero-order valence-corrected chi connectivity index (χ0v) is 10.3. The number of carbonyl (C=O) groups is 1. The Labute approximate surface area is 110 Å². The molecule has 0 atom stereocenters. The summed E-state index contributed by atoms with van der Waals surface area (Å²) in [5.74, 6) is 0.402. The lowest BCUT2D eigenvalue weighted by Gasteiger charge is -1.98. The molecule has 1 heterocycles. The number of rotatable bonds is 1. The Morgan fingerprint density at radius 1 is 1.11 bits per heavy atom. The van der Waals surface area contributed by atoms with Crippen molar-refractivity contribution >= 4 is 11.9 Å². The first-order valence-corrected chi connectivity index (χ1v) is 5.94. The van der Waals surface area contributed by atoms with Gasteiger partial charge < -0.3 is 4.74 Å². The molecule has 0 spiro atoms. The van der Waals surface area contributed by atoms with E-state index in [1.807, 2.05) is 19.1 Å². The summed E-state index contributed by atoms with van der Waals surface area (Å²) in [5.41, 5.74) is 2.32. The minimum atomic E-state index is -0.306. The quantitative estimate of drug-likeness (QED) is 0.724. The lowest BCUT2D eigenvalue weighted by atomic mass is 10.1. The van der Waals surface area contributed by atoms with Gasteiger partial charge in [-0.15, -0.1) is 0 Å². The summed E-state index contributed by atoms with van der Waals surface area (Å²) < 4.78 is 18.3. The largest absolute Gasteiger partial charge is 0.452 e. The van der Waals surface area contributed by atoms with Crippen molar-refractivity contribution in [2.24, 2.45) is 0 Å². The number of Topliss-reactive ketones (excluding diaryl/α,β-unsaturated/α-hetero) is 1. The number of carbonyl (C=O) groups excluding carboxylic acids is 1. The van der Waals surface area contributed by atoms with Gasteiger partial charge in [-0.3, -0.25) is 4.79 Å². The van der Waals surface area contributed by atoms with Crippen molar-refractivity contribution in [1.82, 2.24) is 0 Å². The first-order valence-electron chi connectivity index (χ1n) is 5.94.